The number of hydrogen-bond donors (Lipinski definition) is 1. The lowest BCUT2D eigenvalue weighted by molar-refractivity contribution is -0.171. The number of ether oxygens (including phenoxy) is 1. The molecule has 2 atom stereocenters. The fourth-order valence-corrected chi connectivity index (χ4v) is 3.28. The first-order chi connectivity index (χ1) is 9.82. The van der Waals surface area contributed by atoms with Crippen LogP contribution in [0.25, 0.3) is 0 Å². The first-order valence-electron chi connectivity index (χ1n) is 7.65. The number of likely N-dealkylation sites (tertiary alicyclic amines) is 1. The predicted molar refractivity (Wildman–Crippen MR) is 77.6 cm³/mol. The molecule has 2 aliphatic rings. The van der Waals surface area contributed by atoms with Gasteiger partial charge in [-0.2, -0.15) is 0 Å². The first-order valence-corrected chi connectivity index (χ1v) is 7.65. The van der Waals surface area contributed by atoms with Crippen LogP contribution in [-0.2, 0) is 14.3 Å². The Kier molecular flexibility index (Phi) is 4.88. The Morgan fingerprint density at radius 3 is 2.62 bits per heavy atom. The van der Waals surface area contributed by atoms with Crippen molar-refractivity contribution in [1.82, 2.24) is 9.80 Å². The number of carbonyl (C=O) groups excluding carboxylic acids is 2. The number of aliphatic hydroxyl groups is 1. The van der Waals surface area contributed by atoms with Gasteiger partial charge in [-0.25, -0.2) is 0 Å². The normalized spacial score (nSPS) is 29.3. The molecule has 0 aliphatic carbocycles. The van der Waals surface area contributed by atoms with E-state index in [0.717, 1.165) is 19.4 Å². The van der Waals surface area contributed by atoms with Crippen LogP contribution in [0.5, 0.6) is 0 Å². The zero-order chi connectivity index (χ0) is 15.6. The molecule has 21 heavy (non-hydrogen) atoms. The summed E-state index contributed by atoms with van der Waals surface area (Å²) in [5, 5.41) is 9.33. The SMILES string of the molecule is CC(=O)N1CCCC(C(=O)N2CC(CO)OC(C)(C)C2)C1. The van der Waals surface area contributed by atoms with E-state index in [1.807, 2.05) is 13.8 Å². The van der Waals surface area contributed by atoms with Crippen molar-refractivity contribution in [2.75, 3.05) is 32.8 Å². The van der Waals surface area contributed by atoms with Gasteiger partial charge < -0.3 is 19.6 Å². The van der Waals surface area contributed by atoms with Crippen molar-refractivity contribution >= 4 is 11.8 Å². The molecule has 0 aromatic rings. The second-order valence-corrected chi connectivity index (χ2v) is 6.71. The molecular weight excluding hydrogens is 272 g/mol. The molecule has 0 radical (unpaired) electrons. The van der Waals surface area contributed by atoms with E-state index < -0.39 is 5.60 Å². The van der Waals surface area contributed by atoms with Crippen LogP contribution in [0.1, 0.15) is 33.6 Å². The summed E-state index contributed by atoms with van der Waals surface area (Å²) in [6.45, 7) is 7.52. The van der Waals surface area contributed by atoms with Gasteiger partial charge >= 0.3 is 0 Å². The third kappa shape index (κ3) is 3.95. The number of carbonyl (C=O) groups is 2. The highest BCUT2D eigenvalue weighted by Gasteiger charge is 2.38. The second-order valence-electron chi connectivity index (χ2n) is 6.71. The van der Waals surface area contributed by atoms with Gasteiger partial charge in [0, 0.05) is 33.1 Å². The fourth-order valence-electron chi connectivity index (χ4n) is 3.28. The maximum absolute atomic E-state index is 12.7. The van der Waals surface area contributed by atoms with E-state index in [-0.39, 0.29) is 30.4 Å². The van der Waals surface area contributed by atoms with Crippen LogP contribution < -0.4 is 0 Å². The lowest BCUT2D eigenvalue weighted by Crippen LogP contribution is -2.58. The minimum Gasteiger partial charge on any atom is -0.394 e. The topological polar surface area (TPSA) is 70.1 Å². The van der Waals surface area contributed by atoms with E-state index in [1.54, 1.807) is 16.7 Å². The van der Waals surface area contributed by atoms with Crippen molar-refractivity contribution in [2.24, 2.45) is 5.92 Å². The number of aliphatic hydroxyl groups excluding tert-OH is 1. The molecule has 1 N–H and O–H groups in total. The standard InChI is InChI=1S/C15H26N2O4/c1-11(19)16-6-4-5-12(7-16)14(20)17-8-13(9-18)21-15(2,3)10-17/h12-13,18H,4-10H2,1-3H3. The molecule has 120 valence electrons. The van der Waals surface area contributed by atoms with Crippen LogP contribution >= 0.6 is 0 Å². The summed E-state index contributed by atoms with van der Waals surface area (Å²) in [6, 6.07) is 0. The number of nitrogens with zero attached hydrogens (tertiary/aromatic N) is 2. The molecule has 6 heteroatoms. The van der Waals surface area contributed by atoms with Gasteiger partial charge in [-0.3, -0.25) is 9.59 Å². The summed E-state index contributed by atoms with van der Waals surface area (Å²) in [5.41, 5.74) is -0.448. The maximum atomic E-state index is 12.7. The lowest BCUT2D eigenvalue weighted by Gasteiger charge is -2.44. The predicted octanol–water partition coefficient (Wildman–Crippen LogP) is 0.243. The third-order valence-corrected chi connectivity index (χ3v) is 4.21. The molecular formula is C15H26N2O4. The lowest BCUT2D eigenvalue weighted by atomic mass is 9.95. The maximum Gasteiger partial charge on any atom is 0.227 e. The number of hydrogen-bond acceptors (Lipinski definition) is 4. The monoisotopic (exact) mass is 298 g/mol. The van der Waals surface area contributed by atoms with Gasteiger partial charge in [-0.15, -0.1) is 0 Å². The molecule has 0 spiro atoms. The Balaban J connectivity index is 2.03. The molecule has 2 heterocycles. The molecule has 2 fully saturated rings. The molecule has 2 unspecified atom stereocenters. The highest BCUT2D eigenvalue weighted by atomic mass is 16.5. The molecule has 0 bridgehead atoms. The average molecular weight is 298 g/mol. The highest BCUT2D eigenvalue weighted by Crippen LogP contribution is 2.25. The van der Waals surface area contributed by atoms with Crippen LogP contribution in [0.4, 0.5) is 0 Å². The van der Waals surface area contributed by atoms with E-state index in [0.29, 0.717) is 19.6 Å². The molecule has 6 nitrogen and oxygen atoms in total. The number of amides is 2. The Labute approximate surface area is 126 Å². The van der Waals surface area contributed by atoms with Crippen molar-refractivity contribution in [3.8, 4) is 0 Å². The van der Waals surface area contributed by atoms with E-state index in [4.69, 9.17) is 4.74 Å². The summed E-state index contributed by atoms with van der Waals surface area (Å²) in [7, 11) is 0. The zero-order valence-electron chi connectivity index (χ0n) is 13.2. The molecule has 2 amide bonds. The van der Waals surface area contributed by atoms with Crippen LogP contribution in [-0.4, -0.2) is 71.2 Å². The Hall–Kier alpha value is -1.14. The van der Waals surface area contributed by atoms with Crippen molar-refractivity contribution < 1.29 is 19.4 Å². The van der Waals surface area contributed by atoms with Crippen LogP contribution in [0.2, 0.25) is 0 Å². The van der Waals surface area contributed by atoms with Crippen LogP contribution in [0, 0.1) is 5.92 Å². The summed E-state index contributed by atoms with van der Waals surface area (Å²) < 4.78 is 5.74. The van der Waals surface area contributed by atoms with E-state index in [9.17, 15) is 14.7 Å². The summed E-state index contributed by atoms with van der Waals surface area (Å²) >= 11 is 0. The van der Waals surface area contributed by atoms with Gasteiger partial charge in [0.1, 0.15) is 0 Å². The van der Waals surface area contributed by atoms with E-state index >= 15 is 0 Å². The second kappa shape index (κ2) is 6.32. The fraction of sp³-hybridized carbons (Fsp3) is 0.867. The Morgan fingerprint density at radius 2 is 2.00 bits per heavy atom. The molecule has 2 saturated heterocycles. The van der Waals surface area contributed by atoms with Crippen molar-refractivity contribution in [2.45, 2.75) is 45.3 Å². The molecule has 0 aromatic carbocycles. The van der Waals surface area contributed by atoms with Crippen molar-refractivity contribution in [3.05, 3.63) is 0 Å². The van der Waals surface area contributed by atoms with Crippen molar-refractivity contribution in [1.29, 1.82) is 0 Å². The van der Waals surface area contributed by atoms with Crippen LogP contribution in [0.15, 0.2) is 0 Å². The van der Waals surface area contributed by atoms with E-state index in [1.165, 1.54) is 0 Å². The molecule has 2 rings (SSSR count). The highest BCUT2D eigenvalue weighted by molar-refractivity contribution is 5.81. The first kappa shape index (κ1) is 16.2. The number of piperidine rings is 1. The Bertz CT molecular complexity index is 410. The number of morpholine rings is 1. The quantitative estimate of drug-likeness (QED) is 0.793. The molecule has 0 aromatic heterocycles. The summed E-state index contributed by atoms with van der Waals surface area (Å²) in [4.78, 5) is 27.8. The zero-order valence-corrected chi connectivity index (χ0v) is 13.2. The van der Waals surface area contributed by atoms with Crippen molar-refractivity contribution in [3.63, 3.8) is 0 Å². The molecule has 0 saturated carbocycles. The Morgan fingerprint density at radius 1 is 1.29 bits per heavy atom. The third-order valence-electron chi connectivity index (χ3n) is 4.21. The van der Waals surface area contributed by atoms with Gasteiger partial charge in [0.05, 0.1) is 24.2 Å². The number of rotatable bonds is 2. The summed E-state index contributed by atoms with van der Waals surface area (Å²) in [5.74, 6) is -0.0188. The molecule has 2 aliphatic heterocycles. The average Bonchev–Trinajstić information content (AvgIpc) is 2.44. The van der Waals surface area contributed by atoms with Gasteiger partial charge in [-0.1, -0.05) is 0 Å². The largest absolute Gasteiger partial charge is 0.394 e. The smallest absolute Gasteiger partial charge is 0.227 e. The van der Waals surface area contributed by atoms with Gasteiger partial charge in [0.15, 0.2) is 0 Å². The van der Waals surface area contributed by atoms with Gasteiger partial charge in [0.25, 0.3) is 0 Å². The minimum atomic E-state index is -0.448. The van der Waals surface area contributed by atoms with Crippen LogP contribution in [0.3, 0.4) is 0 Å². The van der Waals surface area contributed by atoms with Gasteiger partial charge in [-0.05, 0) is 26.7 Å². The summed E-state index contributed by atoms with van der Waals surface area (Å²) in [6.07, 6.45) is 1.36. The van der Waals surface area contributed by atoms with E-state index in [2.05, 4.69) is 0 Å². The van der Waals surface area contributed by atoms with Gasteiger partial charge in [0.2, 0.25) is 11.8 Å². The minimum absolute atomic E-state index is 0.0306.